The molecule has 1 aromatic heterocycles. The highest BCUT2D eigenvalue weighted by molar-refractivity contribution is 7.10. The molecule has 0 bridgehead atoms. The van der Waals surface area contributed by atoms with Crippen LogP contribution in [0.15, 0.2) is 29.6 Å². The maximum absolute atomic E-state index is 13.8. The molecule has 2 aromatic rings. The first-order chi connectivity index (χ1) is 8.11. The van der Waals surface area contributed by atoms with Gasteiger partial charge in [0, 0.05) is 15.5 Å². The molecular formula is C13H13ClFNS. The zero-order valence-electron chi connectivity index (χ0n) is 9.63. The van der Waals surface area contributed by atoms with Gasteiger partial charge in [0.1, 0.15) is 5.82 Å². The second-order valence-corrected chi connectivity index (χ2v) is 5.43. The summed E-state index contributed by atoms with van der Waals surface area (Å²) in [5.41, 5.74) is 1.65. The van der Waals surface area contributed by atoms with E-state index in [9.17, 15) is 4.39 Å². The minimum atomic E-state index is -0.238. The number of halogens is 2. The van der Waals surface area contributed by atoms with E-state index < -0.39 is 0 Å². The van der Waals surface area contributed by atoms with Gasteiger partial charge in [-0.05, 0) is 49.2 Å². The topological polar surface area (TPSA) is 12.0 Å². The minimum absolute atomic E-state index is 0.154. The van der Waals surface area contributed by atoms with Gasteiger partial charge in [0.2, 0.25) is 0 Å². The Kier molecular flexibility index (Phi) is 3.82. The zero-order chi connectivity index (χ0) is 12.4. The van der Waals surface area contributed by atoms with E-state index in [1.165, 1.54) is 10.9 Å². The van der Waals surface area contributed by atoms with Crippen LogP contribution in [0.25, 0.3) is 0 Å². The molecule has 0 amide bonds. The van der Waals surface area contributed by atoms with Crippen LogP contribution in [0.2, 0.25) is 5.02 Å². The lowest BCUT2D eigenvalue weighted by Gasteiger charge is -2.16. The second-order valence-electron chi connectivity index (χ2n) is 3.88. The molecular weight excluding hydrogens is 257 g/mol. The third-order valence-corrected chi connectivity index (χ3v) is 3.76. The number of nitrogens with one attached hydrogen (secondary N) is 1. The van der Waals surface area contributed by atoms with Crippen LogP contribution in [0, 0.1) is 12.7 Å². The fraction of sp³-hybridized carbons (Fsp3) is 0.231. The lowest BCUT2D eigenvalue weighted by molar-refractivity contribution is 0.577. The molecule has 0 saturated heterocycles. The van der Waals surface area contributed by atoms with E-state index in [0.717, 1.165) is 5.56 Å². The van der Waals surface area contributed by atoms with E-state index in [4.69, 9.17) is 11.6 Å². The molecule has 90 valence electrons. The average Bonchev–Trinajstić information content (AvgIpc) is 2.71. The van der Waals surface area contributed by atoms with Crippen molar-refractivity contribution in [2.24, 2.45) is 0 Å². The summed E-state index contributed by atoms with van der Waals surface area (Å²) in [5.74, 6) is -0.238. The van der Waals surface area contributed by atoms with Gasteiger partial charge in [0.25, 0.3) is 0 Å². The number of benzene rings is 1. The Hall–Kier alpha value is -0.900. The van der Waals surface area contributed by atoms with Crippen molar-refractivity contribution in [3.63, 3.8) is 0 Å². The van der Waals surface area contributed by atoms with Crippen molar-refractivity contribution >= 4 is 22.9 Å². The summed E-state index contributed by atoms with van der Waals surface area (Å²) < 4.78 is 13.8. The lowest BCUT2D eigenvalue weighted by atomic mass is 10.0. The summed E-state index contributed by atoms with van der Waals surface area (Å²) in [6.07, 6.45) is 0. The molecule has 17 heavy (non-hydrogen) atoms. The van der Waals surface area contributed by atoms with Crippen molar-refractivity contribution in [1.29, 1.82) is 0 Å². The molecule has 1 aromatic carbocycles. The first kappa shape index (κ1) is 12.6. The predicted molar refractivity (Wildman–Crippen MR) is 71.4 cm³/mol. The van der Waals surface area contributed by atoms with Crippen LogP contribution in [-0.4, -0.2) is 7.05 Å². The van der Waals surface area contributed by atoms with Gasteiger partial charge in [-0.3, -0.25) is 0 Å². The number of hydrogen-bond acceptors (Lipinski definition) is 2. The first-order valence-corrected chi connectivity index (χ1v) is 6.55. The maximum atomic E-state index is 13.8. The van der Waals surface area contributed by atoms with Crippen molar-refractivity contribution in [3.8, 4) is 0 Å². The fourth-order valence-electron chi connectivity index (χ4n) is 1.85. The summed E-state index contributed by atoms with van der Waals surface area (Å²) >= 11 is 7.58. The lowest BCUT2D eigenvalue weighted by Crippen LogP contribution is -2.18. The van der Waals surface area contributed by atoms with Crippen molar-refractivity contribution < 1.29 is 4.39 Å². The van der Waals surface area contributed by atoms with Gasteiger partial charge in [-0.15, -0.1) is 11.3 Å². The zero-order valence-corrected chi connectivity index (χ0v) is 11.2. The second kappa shape index (κ2) is 5.17. The standard InChI is InChI=1S/C13H13ClFNS/c1-8-5-9(7-17-8)13(16-2)11-6-10(14)3-4-12(11)15/h3-7,13,16H,1-2H3. The van der Waals surface area contributed by atoms with Crippen LogP contribution in [0.1, 0.15) is 22.0 Å². The molecule has 0 saturated carbocycles. The molecule has 0 aliphatic heterocycles. The van der Waals surface area contributed by atoms with E-state index in [1.807, 2.05) is 19.4 Å². The van der Waals surface area contributed by atoms with E-state index in [0.29, 0.717) is 10.6 Å². The van der Waals surface area contributed by atoms with Gasteiger partial charge in [-0.1, -0.05) is 11.6 Å². The van der Waals surface area contributed by atoms with Gasteiger partial charge in [0.05, 0.1) is 6.04 Å². The van der Waals surface area contributed by atoms with Crippen LogP contribution >= 0.6 is 22.9 Å². The quantitative estimate of drug-likeness (QED) is 0.882. The molecule has 1 nitrogen and oxygen atoms in total. The number of rotatable bonds is 3. The monoisotopic (exact) mass is 269 g/mol. The highest BCUT2D eigenvalue weighted by atomic mass is 35.5. The molecule has 0 aliphatic carbocycles. The third kappa shape index (κ3) is 2.68. The molecule has 1 heterocycles. The predicted octanol–water partition coefficient (Wildman–Crippen LogP) is 4.16. The van der Waals surface area contributed by atoms with Crippen LogP contribution < -0.4 is 5.32 Å². The van der Waals surface area contributed by atoms with Crippen LogP contribution in [0.3, 0.4) is 0 Å². The van der Waals surface area contributed by atoms with Crippen molar-refractivity contribution in [3.05, 3.63) is 56.5 Å². The Balaban J connectivity index is 2.45. The van der Waals surface area contributed by atoms with Crippen LogP contribution in [-0.2, 0) is 0 Å². The number of thiophene rings is 1. The normalized spacial score (nSPS) is 12.7. The first-order valence-electron chi connectivity index (χ1n) is 5.29. The van der Waals surface area contributed by atoms with Gasteiger partial charge >= 0.3 is 0 Å². The van der Waals surface area contributed by atoms with Gasteiger partial charge < -0.3 is 5.32 Å². The smallest absolute Gasteiger partial charge is 0.128 e. The van der Waals surface area contributed by atoms with E-state index >= 15 is 0 Å². The molecule has 1 N–H and O–H groups in total. The Bertz CT molecular complexity index is 524. The minimum Gasteiger partial charge on any atom is -0.309 e. The Morgan fingerprint density at radius 2 is 2.12 bits per heavy atom. The summed E-state index contributed by atoms with van der Waals surface area (Å²) in [5, 5.41) is 5.71. The third-order valence-electron chi connectivity index (χ3n) is 2.64. The van der Waals surface area contributed by atoms with Crippen molar-refractivity contribution in [1.82, 2.24) is 5.32 Å². The summed E-state index contributed by atoms with van der Waals surface area (Å²) in [7, 11) is 1.82. The van der Waals surface area contributed by atoms with Gasteiger partial charge in [-0.2, -0.15) is 0 Å². The SMILES string of the molecule is CNC(c1csc(C)c1)c1cc(Cl)ccc1F. The molecule has 0 spiro atoms. The Morgan fingerprint density at radius 1 is 1.35 bits per heavy atom. The summed E-state index contributed by atoms with van der Waals surface area (Å²) in [6.45, 7) is 2.04. The molecule has 4 heteroatoms. The Morgan fingerprint density at radius 3 is 2.71 bits per heavy atom. The number of hydrogen-bond donors (Lipinski definition) is 1. The van der Waals surface area contributed by atoms with E-state index in [-0.39, 0.29) is 11.9 Å². The summed E-state index contributed by atoms with van der Waals surface area (Å²) in [4.78, 5) is 1.21. The molecule has 0 aliphatic rings. The van der Waals surface area contributed by atoms with Gasteiger partial charge in [0.15, 0.2) is 0 Å². The molecule has 0 fully saturated rings. The highest BCUT2D eigenvalue weighted by Gasteiger charge is 2.17. The summed E-state index contributed by atoms with van der Waals surface area (Å²) in [6, 6.07) is 6.54. The van der Waals surface area contributed by atoms with E-state index in [1.54, 1.807) is 23.5 Å². The Labute approximate surface area is 109 Å². The highest BCUT2D eigenvalue weighted by Crippen LogP contribution is 2.29. The maximum Gasteiger partial charge on any atom is 0.128 e. The average molecular weight is 270 g/mol. The number of aryl methyl sites for hydroxylation is 1. The molecule has 2 rings (SSSR count). The van der Waals surface area contributed by atoms with Crippen molar-refractivity contribution in [2.75, 3.05) is 7.05 Å². The van der Waals surface area contributed by atoms with Crippen LogP contribution in [0.4, 0.5) is 4.39 Å². The van der Waals surface area contributed by atoms with E-state index in [2.05, 4.69) is 11.4 Å². The van der Waals surface area contributed by atoms with Crippen molar-refractivity contribution in [2.45, 2.75) is 13.0 Å². The van der Waals surface area contributed by atoms with Gasteiger partial charge in [-0.25, -0.2) is 4.39 Å². The largest absolute Gasteiger partial charge is 0.309 e. The fourth-order valence-corrected chi connectivity index (χ4v) is 2.76. The van der Waals surface area contributed by atoms with Crippen LogP contribution in [0.5, 0.6) is 0 Å². The molecule has 1 atom stereocenters. The molecule has 0 radical (unpaired) electrons. The molecule has 1 unspecified atom stereocenters.